The Morgan fingerprint density at radius 3 is 1.96 bits per heavy atom. The highest BCUT2D eigenvalue weighted by molar-refractivity contribution is 5.28. The summed E-state index contributed by atoms with van der Waals surface area (Å²) in [6, 6.07) is 12.8. The van der Waals surface area contributed by atoms with Gasteiger partial charge in [0.05, 0.1) is 13.2 Å². The number of ether oxygens (including phenoxy) is 4. The zero-order valence-corrected chi connectivity index (χ0v) is 14.9. The summed E-state index contributed by atoms with van der Waals surface area (Å²) in [4.78, 5) is 0. The van der Waals surface area contributed by atoms with Crippen molar-refractivity contribution in [2.24, 2.45) is 0 Å². The van der Waals surface area contributed by atoms with Crippen molar-refractivity contribution in [3.8, 4) is 11.5 Å². The van der Waals surface area contributed by atoms with E-state index in [1.54, 1.807) is 24.3 Å². The molecule has 28 heavy (non-hydrogen) atoms. The van der Waals surface area contributed by atoms with Crippen LogP contribution < -0.4 is 0 Å². The Morgan fingerprint density at radius 2 is 1.39 bits per heavy atom. The maximum Gasteiger partial charge on any atom is 0.184 e. The molecule has 2 heterocycles. The van der Waals surface area contributed by atoms with Crippen molar-refractivity contribution in [3.63, 3.8) is 0 Å². The van der Waals surface area contributed by atoms with Gasteiger partial charge < -0.3 is 39.4 Å². The van der Waals surface area contributed by atoms with Crippen molar-refractivity contribution in [2.45, 2.75) is 37.0 Å². The van der Waals surface area contributed by atoms with Crippen LogP contribution in [-0.4, -0.2) is 58.1 Å². The van der Waals surface area contributed by atoms with Crippen molar-refractivity contribution >= 4 is 0 Å². The second-order valence-corrected chi connectivity index (χ2v) is 6.80. The molecule has 2 aliphatic rings. The van der Waals surface area contributed by atoms with Gasteiger partial charge in [0.25, 0.3) is 0 Å². The summed E-state index contributed by atoms with van der Waals surface area (Å²) in [7, 11) is 0. The fourth-order valence-corrected chi connectivity index (χ4v) is 3.35. The Kier molecular flexibility index (Phi) is 5.49. The minimum atomic E-state index is -1.08. The van der Waals surface area contributed by atoms with E-state index in [0.717, 1.165) is 5.56 Å². The lowest BCUT2D eigenvalue weighted by molar-refractivity contribution is -0.125. The monoisotopic (exact) mass is 390 g/mol. The molecule has 4 N–H and O–H groups in total. The molecule has 0 radical (unpaired) electrons. The zero-order valence-electron chi connectivity index (χ0n) is 14.9. The summed E-state index contributed by atoms with van der Waals surface area (Å²) in [5.74, 6) is 0.259. The second-order valence-electron chi connectivity index (χ2n) is 6.80. The molecule has 0 saturated carbocycles. The molecule has 150 valence electrons. The fraction of sp³-hybridized carbons (Fsp3) is 0.400. The van der Waals surface area contributed by atoms with E-state index in [1.165, 1.54) is 24.3 Å². The number of benzene rings is 2. The first-order valence-electron chi connectivity index (χ1n) is 9.00. The third-order valence-electron chi connectivity index (χ3n) is 4.88. The van der Waals surface area contributed by atoms with Gasteiger partial charge in [-0.2, -0.15) is 0 Å². The van der Waals surface area contributed by atoms with Crippen LogP contribution in [0, 0.1) is 0 Å². The van der Waals surface area contributed by atoms with Gasteiger partial charge in [0.15, 0.2) is 12.6 Å². The topological polar surface area (TPSA) is 118 Å². The Labute approximate surface area is 161 Å². The van der Waals surface area contributed by atoms with Crippen LogP contribution in [-0.2, 0) is 18.9 Å². The predicted molar refractivity (Wildman–Crippen MR) is 95.4 cm³/mol. The quantitative estimate of drug-likeness (QED) is 0.604. The van der Waals surface area contributed by atoms with E-state index in [4.69, 9.17) is 18.9 Å². The zero-order chi connectivity index (χ0) is 19.7. The molecule has 2 saturated heterocycles. The molecule has 0 aliphatic carbocycles. The van der Waals surface area contributed by atoms with Gasteiger partial charge in [0.2, 0.25) is 0 Å². The van der Waals surface area contributed by atoms with Crippen LogP contribution in [0.2, 0.25) is 0 Å². The van der Waals surface area contributed by atoms with Crippen LogP contribution in [0.4, 0.5) is 0 Å². The van der Waals surface area contributed by atoms with Gasteiger partial charge in [0, 0.05) is 11.1 Å². The molecule has 2 aromatic rings. The Hall–Kier alpha value is -2.20. The van der Waals surface area contributed by atoms with Gasteiger partial charge >= 0.3 is 0 Å². The van der Waals surface area contributed by atoms with Gasteiger partial charge in [-0.05, 0) is 24.3 Å². The van der Waals surface area contributed by atoms with Crippen LogP contribution in [0.1, 0.15) is 23.7 Å². The van der Waals surface area contributed by atoms with Crippen molar-refractivity contribution in [1.82, 2.24) is 0 Å². The molecule has 8 nitrogen and oxygen atoms in total. The summed E-state index contributed by atoms with van der Waals surface area (Å²) < 4.78 is 23.0. The number of aliphatic hydroxyl groups is 2. The minimum Gasteiger partial charge on any atom is -0.508 e. The molecule has 0 spiro atoms. The van der Waals surface area contributed by atoms with E-state index >= 15 is 0 Å². The van der Waals surface area contributed by atoms with Crippen molar-refractivity contribution in [1.29, 1.82) is 0 Å². The van der Waals surface area contributed by atoms with E-state index in [2.05, 4.69) is 0 Å². The van der Waals surface area contributed by atoms with Crippen LogP contribution in [0.15, 0.2) is 48.5 Å². The Bertz CT molecular complexity index is 778. The Morgan fingerprint density at radius 1 is 0.821 bits per heavy atom. The highest BCUT2D eigenvalue weighted by atomic mass is 16.8. The van der Waals surface area contributed by atoms with E-state index in [0.29, 0.717) is 5.56 Å². The molecule has 2 aromatic carbocycles. The second kappa shape index (κ2) is 8.04. The summed E-state index contributed by atoms with van der Waals surface area (Å²) in [5, 5.41) is 39.2. The number of phenols is 2. The molecule has 6 atom stereocenters. The van der Waals surface area contributed by atoms with Crippen LogP contribution in [0.25, 0.3) is 0 Å². The number of rotatable bonds is 5. The van der Waals surface area contributed by atoms with E-state index in [9.17, 15) is 20.4 Å². The minimum absolute atomic E-state index is 0.119. The summed E-state index contributed by atoms with van der Waals surface area (Å²) >= 11 is 0. The highest BCUT2D eigenvalue weighted by Gasteiger charge is 2.46. The molecule has 2 aliphatic heterocycles. The maximum atomic E-state index is 10.8. The average molecular weight is 390 g/mol. The third-order valence-corrected chi connectivity index (χ3v) is 4.88. The predicted octanol–water partition coefficient (Wildman–Crippen LogP) is 1.35. The average Bonchev–Trinajstić information content (AvgIpc) is 3.36. The number of phenolic OH excluding ortho intramolecular Hbond substituents is 2. The van der Waals surface area contributed by atoms with Crippen molar-refractivity contribution in [3.05, 3.63) is 59.7 Å². The number of hydrogen-bond acceptors (Lipinski definition) is 8. The largest absolute Gasteiger partial charge is 0.508 e. The summed E-state index contributed by atoms with van der Waals surface area (Å²) in [6.07, 6.45) is -4.72. The molecular weight excluding hydrogens is 368 g/mol. The van der Waals surface area contributed by atoms with Crippen molar-refractivity contribution in [2.75, 3.05) is 13.2 Å². The standard InChI is InChI=1S/C20H22O8/c21-9-15-18(28-20(26-15)12-3-7-14(23)8-4-12)17(24)16-10-25-19(27-16)11-1-5-13(22)6-2-11/h1-8,15-24H,9-10H2/t15-,16+,17+,18+,19?,20?/m0/s1. The SMILES string of the molecule is OC[C@@H]1OC(c2ccc(O)cc2)O[C@H]1[C@H](O)[C@H]1COC(c2ccc(O)cc2)O1. The first-order chi connectivity index (χ1) is 13.5. The van der Waals surface area contributed by atoms with Crippen LogP contribution in [0.3, 0.4) is 0 Å². The lowest BCUT2D eigenvalue weighted by atomic mass is 10.0. The Balaban J connectivity index is 1.42. The molecular formula is C20H22O8. The molecule has 0 bridgehead atoms. The van der Waals surface area contributed by atoms with Crippen LogP contribution in [0.5, 0.6) is 11.5 Å². The van der Waals surface area contributed by atoms with Gasteiger partial charge in [-0.1, -0.05) is 24.3 Å². The number of aliphatic hydroxyl groups excluding tert-OH is 2. The van der Waals surface area contributed by atoms with Crippen LogP contribution >= 0.6 is 0 Å². The lowest BCUT2D eigenvalue weighted by Crippen LogP contribution is -2.45. The fourth-order valence-electron chi connectivity index (χ4n) is 3.35. The smallest absolute Gasteiger partial charge is 0.184 e. The van der Waals surface area contributed by atoms with Gasteiger partial charge in [-0.3, -0.25) is 0 Å². The molecule has 2 fully saturated rings. The third kappa shape index (κ3) is 3.83. The van der Waals surface area contributed by atoms with Gasteiger partial charge in [0.1, 0.15) is 35.9 Å². The van der Waals surface area contributed by atoms with E-state index in [1.807, 2.05) is 0 Å². The molecule has 0 aromatic heterocycles. The first-order valence-corrected chi connectivity index (χ1v) is 9.00. The van der Waals surface area contributed by atoms with E-state index in [-0.39, 0.29) is 24.7 Å². The number of hydrogen-bond donors (Lipinski definition) is 4. The molecule has 8 heteroatoms. The molecule has 0 amide bonds. The lowest BCUT2D eigenvalue weighted by Gasteiger charge is -2.24. The maximum absolute atomic E-state index is 10.8. The first kappa shape index (κ1) is 19.1. The number of aromatic hydroxyl groups is 2. The summed E-state index contributed by atoms with van der Waals surface area (Å²) in [5.41, 5.74) is 1.38. The van der Waals surface area contributed by atoms with E-state index < -0.39 is 37.0 Å². The normalized spacial score (nSPS) is 31.1. The van der Waals surface area contributed by atoms with Gasteiger partial charge in [-0.15, -0.1) is 0 Å². The van der Waals surface area contributed by atoms with Crippen molar-refractivity contribution < 1.29 is 39.4 Å². The molecule has 2 unspecified atom stereocenters. The highest BCUT2D eigenvalue weighted by Crippen LogP contribution is 2.37. The molecule has 4 rings (SSSR count). The summed E-state index contributed by atoms with van der Waals surface area (Å²) in [6.45, 7) is -0.181. The van der Waals surface area contributed by atoms with Gasteiger partial charge in [-0.25, -0.2) is 0 Å².